The van der Waals surface area contributed by atoms with Gasteiger partial charge in [0.2, 0.25) is 0 Å². The summed E-state index contributed by atoms with van der Waals surface area (Å²) in [6, 6.07) is 15.6. The lowest BCUT2D eigenvalue weighted by Crippen LogP contribution is -2.15. The number of rotatable bonds is 5. The Kier molecular flexibility index (Phi) is 5.31. The van der Waals surface area contributed by atoms with Gasteiger partial charge in [-0.05, 0) is 24.6 Å². The van der Waals surface area contributed by atoms with Crippen LogP contribution in [0.15, 0.2) is 65.2 Å². The van der Waals surface area contributed by atoms with Crippen LogP contribution in [0.25, 0.3) is 22.2 Å². The van der Waals surface area contributed by atoms with Crippen LogP contribution >= 0.6 is 11.6 Å². The Morgan fingerprint density at radius 3 is 2.64 bits per heavy atom. The van der Waals surface area contributed by atoms with E-state index in [-0.39, 0.29) is 5.91 Å². The van der Waals surface area contributed by atoms with Crippen LogP contribution in [0.3, 0.4) is 0 Å². The molecule has 2 aromatic carbocycles. The van der Waals surface area contributed by atoms with Crippen molar-refractivity contribution in [2.45, 2.75) is 32.6 Å². The maximum absolute atomic E-state index is 12.2. The van der Waals surface area contributed by atoms with Crippen LogP contribution in [0, 0.1) is 0 Å². The largest absolute Gasteiger partial charge is 0.272 e. The molecule has 1 aliphatic rings. The fraction of sp³-hybridized carbons (Fsp3) is 0.217. The molecule has 0 fully saturated rings. The molecule has 0 atom stereocenters. The van der Waals surface area contributed by atoms with Crippen LogP contribution in [-0.4, -0.2) is 21.6 Å². The molecule has 3 aromatic rings. The molecule has 4 nitrogen and oxygen atoms in total. The second-order valence-electron chi connectivity index (χ2n) is 6.86. The zero-order chi connectivity index (χ0) is 19.5. The number of nitrogens with zero attached hydrogens (tertiary/aromatic N) is 3. The first-order chi connectivity index (χ1) is 13.6. The number of aliphatic imine (C=N–C) groups is 1. The van der Waals surface area contributed by atoms with Crippen molar-refractivity contribution >= 4 is 34.1 Å². The average Bonchev–Trinajstić information content (AvgIpc) is 2.70. The average molecular weight is 390 g/mol. The molecule has 140 valence electrons. The predicted molar refractivity (Wildman–Crippen MR) is 114 cm³/mol. The zero-order valence-corrected chi connectivity index (χ0v) is 16.4. The van der Waals surface area contributed by atoms with Crippen LogP contribution in [-0.2, 0) is 11.2 Å². The number of allylic oxidation sites excluding steroid dienone is 1. The summed E-state index contributed by atoms with van der Waals surface area (Å²) in [5, 5.41) is 1.56. The molecule has 0 saturated heterocycles. The van der Waals surface area contributed by atoms with Gasteiger partial charge < -0.3 is 0 Å². The highest BCUT2D eigenvalue weighted by molar-refractivity contribution is 6.31. The molecule has 1 amide bonds. The van der Waals surface area contributed by atoms with E-state index in [0.29, 0.717) is 23.7 Å². The molecular formula is C23H20ClN3O. The van der Waals surface area contributed by atoms with E-state index in [1.165, 1.54) is 0 Å². The minimum Gasteiger partial charge on any atom is -0.267 e. The lowest BCUT2D eigenvalue weighted by atomic mass is 10.0. The topological polar surface area (TPSA) is 55.2 Å². The van der Waals surface area contributed by atoms with Crippen molar-refractivity contribution < 1.29 is 4.79 Å². The number of halogens is 1. The molecule has 0 aliphatic carbocycles. The van der Waals surface area contributed by atoms with E-state index in [2.05, 4.69) is 11.9 Å². The molecule has 0 radical (unpaired) electrons. The van der Waals surface area contributed by atoms with Gasteiger partial charge in [-0.1, -0.05) is 61.4 Å². The van der Waals surface area contributed by atoms with Crippen molar-refractivity contribution in [3.8, 4) is 11.3 Å². The third kappa shape index (κ3) is 3.87. The maximum Gasteiger partial charge on any atom is 0.272 e. The number of aromatic nitrogens is 2. The first kappa shape index (κ1) is 18.5. The molecule has 0 saturated carbocycles. The molecule has 4 rings (SSSR count). The summed E-state index contributed by atoms with van der Waals surface area (Å²) in [5.41, 5.74) is 4.29. The molecule has 0 spiro atoms. The van der Waals surface area contributed by atoms with Gasteiger partial charge in [-0.2, -0.15) is 0 Å². The van der Waals surface area contributed by atoms with Crippen LogP contribution in [0.1, 0.15) is 32.0 Å². The van der Waals surface area contributed by atoms with Gasteiger partial charge in [0.05, 0.1) is 11.2 Å². The summed E-state index contributed by atoms with van der Waals surface area (Å²) >= 11 is 6.21. The van der Waals surface area contributed by atoms with Crippen LogP contribution in [0.5, 0.6) is 0 Å². The lowest BCUT2D eigenvalue weighted by molar-refractivity contribution is -0.114. The van der Waals surface area contributed by atoms with E-state index in [0.717, 1.165) is 46.3 Å². The number of carbonyl (C=O) groups is 1. The zero-order valence-electron chi connectivity index (χ0n) is 15.7. The quantitative estimate of drug-likeness (QED) is 0.571. The standard InChI is InChI=1S/C23H20ClN3O/c1-2-6-16-9-11-18(25-23(16)28)14-21-26-20-12-10-17(24)13-19(20)22(27-21)15-7-4-3-5-8-15/h3-5,7-10,12-13H,2,6,11,14H2,1H3. The van der Waals surface area contributed by atoms with E-state index in [9.17, 15) is 4.79 Å². The molecule has 2 heterocycles. The Hall–Kier alpha value is -2.85. The molecular weight excluding hydrogens is 370 g/mol. The number of fused-ring (bicyclic) bond motifs is 1. The molecule has 28 heavy (non-hydrogen) atoms. The van der Waals surface area contributed by atoms with Gasteiger partial charge in [0, 0.05) is 40.1 Å². The molecule has 1 aliphatic heterocycles. The second-order valence-corrected chi connectivity index (χ2v) is 7.30. The lowest BCUT2D eigenvalue weighted by Gasteiger charge is -2.13. The van der Waals surface area contributed by atoms with Gasteiger partial charge >= 0.3 is 0 Å². The first-order valence-electron chi connectivity index (χ1n) is 9.45. The fourth-order valence-corrected chi connectivity index (χ4v) is 3.58. The normalized spacial score (nSPS) is 14.1. The van der Waals surface area contributed by atoms with Crippen LogP contribution in [0.4, 0.5) is 0 Å². The highest BCUT2D eigenvalue weighted by atomic mass is 35.5. The smallest absolute Gasteiger partial charge is 0.267 e. The summed E-state index contributed by atoms with van der Waals surface area (Å²) in [7, 11) is 0. The summed E-state index contributed by atoms with van der Waals surface area (Å²) < 4.78 is 0. The van der Waals surface area contributed by atoms with E-state index in [4.69, 9.17) is 21.6 Å². The molecule has 5 heteroatoms. The van der Waals surface area contributed by atoms with Crippen molar-refractivity contribution in [1.82, 2.24) is 9.97 Å². The number of hydrogen-bond acceptors (Lipinski definition) is 3. The van der Waals surface area contributed by atoms with Crippen molar-refractivity contribution in [3.63, 3.8) is 0 Å². The van der Waals surface area contributed by atoms with E-state index in [1.54, 1.807) is 0 Å². The molecule has 0 unspecified atom stereocenters. The van der Waals surface area contributed by atoms with Crippen molar-refractivity contribution in [1.29, 1.82) is 0 Å². The van der Waals surface area contributed by atoms with Crippen molar-refractivity contribution in [2.75, 3.05) is 0 Å². The van der Waals surface area contributed by atoms with Gasteiger partial charge in [-0.25, -0.2) is 15.0 Å². The Morgan fingerprint density at radius 1 is 1.07 bits per heavy atom. The van der Waals surface area contributed by atoms with E-state index >= 15 is 0 Å². The third-order valence-corrected chi connectivity index (χ3v) is 4.99. The van der Waals surface area contributed by atoms with Crippen molar-refractivity contribution in [2.24, 2.45) is 4.99 Å². The number of carbonyl (C=O) groups excluding carboxylic acids is 1. The predicted octanol–water partition coefficient (Wildman–Crippen LogP) is 5.59. The van der Waals surface area contributed by atoms with E-state index in [1.807, 2.05) is 54.6 Å². The van der Waals surface area contributed by atoms with Crippen LogP contribution in [0.2, 0.25) is 5.02 Å². The monoisotopic (exact) mass is 389 g/mol. The Bertz CT molecular complexity index is 1100. The number of amides is 1. The van der Waals surface area contributed by atoms with Crippen molar-refractivity contribution in [3.05, 3.63) is 71.0 Å². The SMILES string of the molecule is CCCC1=CCC(Cc2nc(-c3ccccc3)c3cc(Cl)ccc3n2)=NC1=O. The Morgan fingerprint density at radius 2 is 1.89 bits per heavy atom. The summed E-state index contributed by atoms with van der Waals surface area (Å²) in [6.07, 6.45) is 4.84. The van der Waals surface area contributed by atoms with Gasteiger partial charge in [0.15, 0.2) is 0 Å². The summed E-state index contributed by atoms with van der Waals surface area (Å²) in [4.78, 5) is 26.0. The highest BCUT2D eigenvalue weighted by Gasteiger charge is 2.17. The molecule has 0 bridgehead atoms. The van der Waals surface area contributed by atoms with Crippen LogP contribution < -0.4 is 0 Å². The minimum atomic E-state index is -0.126. The van der Waals surface area contributed by atoms with Gasteiger partial charge in [0.25, 0.3) is 5.91 Å². The van der Waals surface area contributed by atoms with E-state index < -0.39 is 0 Å². The Labute approximate surface area is 169 Å². The first-order valence-corrected chi connectivity index (χ1v) is 9.83. The number of hydrogen-bond donors (Lipinski definition) is 0. The summed E-state index contributed by atoms with van der Waals surface area (Å²) in [6.45, 7) is 2.06. The minimum absolute atomic E-state index is 0.126. The maximum atomic E-state index is 12.2. The van der Waals surface area contributed by atoms with Gasteiger partial charge in [-0.15, -0.1) is 0 Å². The summed E-state index contributed by atoms with van der Waals surface area (Å²) in [5.74, 6) is 0.534. The number of benzene rings is 2. The van der Waals surface area contributed by atoms with Gasteiger partial charge in [0.1, 0.15) is 5.82 Å². The molecule has 1 aromatic heterocycles. The highest BCUT2D eigenvalue weighted by Crippen LogP contribution is 2.28. The molecule has 0 N–H and O–H groups in total. The Balaban J connectivity index is 1.72. The van der Waals surface area contributed by atoms with Gasteiger partial charge in [-0.3, -0.25) is 4.79 Å². The fourth-order valence-electron chi connectivity index (χ4n) is 3.41. The number of dihydropyridines is 1. The third-order valence-electron chi connectivity index (χ3n) is 4.75. The second kappa shape index (κ2) is 8.03.